The van der Waals surface area contributed by atoms with Crippen molar-refractivity contribution in [3.05, 3.63) is 88.7 Å². The van der Waals surface area contributed by atoms with Gasteiger partial charge in [-0.05, 0) is 69.7 Å². The first-order chi connectivity index (χ1) is 21.4. The van der Waals surface area contributed by atoms with Crippen LogP contribution in [0.5, 0.6) is 23.0 Å². The van der Waals surface area contributed by atoms with Crippen molar-refractivity contribution in [1.82, 2.24) is 9.99 Å². The molecule has 0 aliphatic heterocycles. The monoisotopic (exact) mass is 634 g/mol. The third kappa shape index (κ3) is 6.91. The lowest BCUT2D eigenvalue weighted by Gasteiger charge is -2.26. The molecule has 238 valence electrons. The van der Waals surface area contributed by atoms with Gasteiger partial charge in [-0.1, -0.05) is 17.7 Å². The number of hydrogen-bond acceptors (Lipinski definition) is 8. The van der Waals surface area contributed by atoms with Crippen LogP contribution in [-0.4, -0.2) is 60.1 Å². The lowest BCUT2D eigenvalue weighted by atomic mass is 10.1. The highest BCUT2D eigenvalue weighted by Gasteiger charge is 2.31. The van der Waals surface area contributed by atoms with Crippen LogP contribution in [0.15, 0.2) is 70.7 Å². The largest absolute Gasteiger partial charge is 0.497 e. The molecule has 0 atom stereocenters. The highest BCUT2D eigenvalue weighted by Crippen LogP contribution is 2.37. The van der Waals surface area contributed by atoms with E-state index in [4.69, 9.17) is 18.9 Å². The SMILES string of the molecule is COc1ccc(OC)c(N(CC(=O)N/N=C\c2cc(C)n(-c3ccc(C)cc3C)c2C)S(=O)(=O)c2ccc(OC)c(OC)c2)c1. The lowest BCUT2D eigenvalue weighted by molar-refractivity contribution is -0.119. The zero-order valence-electron chi connectivity index (χ0n) is 26.7. The van der Waals surface area contributed by atoms with E-state index in [9.17, 15) is 13.2 Å². The number of ether oxygens (including phenoxy) is 4. The topological polar surface area (TPSA) is 121 Å². The molecular weight excluding hydrogens is 596 g/mol. The van der Waals surface area contributed by atoms with Gasteiger partial charge < -0.3 is 23.5 Å². The van der Waals surface area contributed by atoms with Gasteiger partial charge >= 0.3 is 0 Å². The molecule has 0 unspecified atom stereocenters. The molecule has 1 amide bonds. The maximum absolute atomic E-state index is 14.1. The van der Waals surface area contributed by atoms with Gasteiger partial charge in [-0.15, -0.1) is 0 Å². The highest BCUT2D eigenvalue weighted by atomic mass is 32.2. The molecule has 3 aromatic carbocycles. The zero-order valence-corrected chi connectivity index (χ0v) is 27.5. The summed E-state index contributed by atoms with van der Waals surface area (Å²) in [7, 11) is 1.38. The molecule has 1 N–H and O–H groups in total. The number of amides is 1. The summed E-state index contributed by atoms with van der Waals surface area (Å²) in [5.74, 6) is 0.476. The van der Waals surface area contributed by atoms with E-state index >= 15 is 0 Å². The number of aromatic nitrogens is 1. The quantitative estimate of drug-likeness (QED) is 0.170. The summed E-state index contributed by atoms with van der Waals surface area (Å²) in [5, 5.41) is 4.16. The number of hydrogen-bond donors (Lipinski definition) is 1. The maximum atomic E-state index is 14.1. The average molecular weight is 635 g/mol. The molecule has 4 aromatic rings. The summed E-state index contributed by atoms with van der Waals surface area (Å²) in [4.78, 5) is 13.1. The number of nitrogens with one attached hydrogen (secondary N) is 1. The number of nitrogens with zero attached hydrogens (tertiary/aromatic N) is 3. The second-order valence-corrected chi connectivity index (χ2v) is 12.2. The molecule has 0 saturated carbocycles. The normalized spacial score (nSPS) is 11.4. The van der Waals surface area contributed by atoms with Crippen molar-refractivity contribution in [2.24, 2.45) is 5.10 Å². The highest BCUT2D eigenvalue weighted by molar-refractivity contribution is 7.92. The molecule has 1 aromatic heterocycles. The van der Waals surface area contributed by atoms with Crippen molar-refractivity contribution in [3.8, 4) is 28.7 Å². The van der Waals surface area contributed by atoms with Gasteiger partial charge in [0.1, 0.15) is 18.0 Å². The Balaban J connectivity index is 1.66. The van der Waals surface area contributed by atoms with Crippen LogP contribution in [0.25, 0.3) is 5.69 Å². The molecule has 0 radical (unpaired) electrons. The molecule has 0 spiro atoms. The Kier molecular flexibility index (Phi) is 10.1. The number of carbonyl (C=O) groups excluding carboxylic acids is 1. The van der Waals surface area contributed by atoms with Crippen molar-refractivity contribution in [2.45, 2.75) is 32.6 Å². The molecule has 0 aliphatic rings. The van der Waals surface area contributed by atoms with Crippen molar-refractivity contribution in [3.63, 3.8) is 0 Å². The van der Waals surface area contributed by atoms with Crippen molar-refractivity contribution in [1.29, 1.82) is 0 Å². The summed E-state index contributed by atoms with van der Waals surface area (Å²) in [6, 6.07) is 17.1. The number of aryl methyl sites for hydroxylation is 3. The first kappa shape index (κ1) is 32.9. The van der Waals surface area contributed by atoms with E-state index in [2.05, 4.69) is 47.1 Å². The van der Waals surface area contributed by atoms with Crippen LogP contribution in [0.4, 0.5) is 5.69 Å². The molecule has 0 aliphatic carbocycles. The van der Waals surface area contributed by atoms with Gasteiger partial charge in [0, 0.05) is 34.8 Å². The first-order valence-corrected chi connectivity index (χ1v) is 15.4. The van der Waals surface area contributed by atoms with Gasteiger partial charge in [-0.3, -0.25) is 9.10 Å². The van der Waals surface area contributed by atoms with Gasteiger partial charge in [0.05, 0.1) is 45.2 Å². The Hall–Kier alpha value is -4.97. The number of anilines is 1. The van der Waals surface area contributed by atoms with Crippen LogP contribution in [0.3, 0.4) is 0 Å². The van der Waals surface area contributed by atoms with E-state index in [-0.39, 0.29) is 22.1 Å². The summed E-state index contributed by atoms with van der Waals surface area (Å²) >= 11 is 0. The van der Waals surface area contributed by atoms with Gasteiger partial charge in [0.2, 0.25) is 0 Å². The predicted molar refractivity (Wildman–Crippen MR) is 174 cm³/mol. The third-order valence-corrected chi connectivity index (χ3v) is 9.10. The number of rotatable bonds is 12. The second kappa shape index (κ2) is 13.8. The smallest absolute Gasteiger partial charge is 0.265 e. The van der Waals surface area contributed by atoms with Crippen molar-refractivity contribution >= 4 is 27.8 Å². The summed E-state index contributed by atoms with van der Waals surface area (Å²) in [5.41, 5.74) is 8.69. The Morgan fingerprint density at radius 3 is 2.18 bits per heavy atom. The molecule has 1 heterocycles. The van der Waals surface area contributed by atoms with Crippen LogP contribution < -0.4 is 28.7 Å². The Morgan fingerprint density at radius 2 is 1.53 bits per heavy atom. The molecule has 4 rings (SSSR count). The van der Waals surface area contributed by atoms with E-state index < -0.39 is 22.5 Å². The van der Waals surface area contributed by atoms with Crippen LogP contribution in [0.1, 0.15) is 28.1 Å². The standard InChI is InChI=1S/C33H38N4O7S/c1-21-9-12-28(22(2)15-21)37-23(3)16-25(24(37)4)19-34-35-33(38)20-36(29-17-26(41-5)10-13-30(29)42-6)45(39,40)27-11-14-31(43-7)32(18-27)44-8/h9-19H,20H2,1-8H3,(H,35,38)/b34-19-. The van der Waals surface area contributed by atoms with E-state index in [1.54, 1.807) is 18.3 Å². The fourth-order valence-electron chi connectivity index (χ4n) is 5.08. The molecule has 12 heteroatoms. The maximum Gasteiger partial charge on any atom is 0.265 e. The molecule has 11 nitrogen and oxygen atoms in total. The van der Waals surface area contributed by atoms with Crippen LogP contribution in [-0.2, 0) is 14.8 Å². The number of hydrazone groups is 1. The van der Waals surface area contributed by atoms with E-state index in [1.807, 2.05) is 19.9 Å². The van der Waals surface area contributed by atoms with Gasteiger partial charge in [-0.25, -0.2) is 13.8 Å². The minimum absolute atomic E-state index is 0.0998. The van der Waals surface area contributed by atoms with E-state index in [1.165, 1.54) is 58.3 Å². The number of benzene rings is 3. The number of methoxy groups -OCH3 is 4. The number of carbonyl (C=O) groups is 1. The minimum Gasteiger partial charge on any atom is -0.497 e. The lowest BCUT2D eigenvalue weighted by Crippen LogP contribution is -2.39. The Bertz CT molecular complexity index is 1850. The Labute approximate surface area is 264 Å². The zero-order chi connectivity index (χ0) is 32.9. The molecule has 0 fully saturated rings. The Morgan fingerprint density at radius 1 is 0.844 bits per heavy atom. The van der Waals surface area contributed by atoms with Crippen molar-refractivity contribution in [2.75, 3.05) is 39.3 Å². The fourth-order valence-corrected chi connectivity index (χ4v) is 6.52. The third-order valence-electron chi connectivity index (χ3n) is 7.34. The van der Waals surface area contributed by atoms with Crippen LogP contribution in [0, 0.1) is 27.7 Å². The fraction of sp³-hybridized carbons (Fsp3) is 0.273. The second-order valence-electron chi connectivity index (χ2n) is 10.3. The van der Waals surface area contributed by atoms with Crippen LogP contribution >= 0.6 is 0 Å². The molecule has 0 bridgehead atoms. The van der Waals surface area contributed by atoms with Gasteiger partial charge in [-0.2, -0.15) is 5.10 Å². The summed E-state index contributed by atoms with van der Waals surface area (Å²) in [6.45, 7) is 7.48. The summed E-state index contributed by atoms with van der Waals surface area (Å²) < 4.78 is 52.6. The van der Waals surface area contributed by atoms with Gasteiger partial charge in [0.15, 0.2) is 11.5 Å². The molecular formula is C33H38N4O7S. The first-order valence-electron chi connectivity index (χ1n) is 14.0. The number of sulfonamides is 1. The predicted octanol–water partition coefficient (Wildman–Crippen LogP) is 5.09. The van der Waals surface area contributed by atoms with Crippen LogP contribution in [0.2, 0.25) is 0 Å². The summed E-state index contributed by atoms with van der Waals surface area (Å²) in [6.07, 6.45) is 1.54. The molecule has 45 heavy (non-hydrogen) atoms. The van der Waals surface area contributed by atoms with Crippen molar-refractivity contribution < 1.29 is 32.2 Å². The minimum atomic E-state index is -4.34. The average Bonchev–Trinajstić information content (AvgIpc) is 3.30. The van der Waals surface area contributed by atoms with E-state index in [0.717, 1.165) is 32.5 Å². The van der Waals surface area contributed by atoms with E-state index in [0.29, 0.717) is 11.5 Å². The van der Waals surface area contributed by atoms with Gasteiger partial charge in [0.25, 0.3) is 15.9 Å². The molecule has 0 saturated heterocycles.